The van der Waals surface area contributed by atoms with E-state index >= 15 is 0 Å². The number of carbonyl (C=O) groups is 1. The summed E-state index contributed by atoms with van der Waals surface area (Å²) in [6.45, 7) is 0.708. The van der Waals surface area contributed by atoms with Crippen LogP contribution in [0.1, 0.15) is 15.4 Å². The SMILES string of the molecule is C#CCNC(=O)c1ccc(NCc2nnc(-c3ccccc3)s2)nc1. The minimum atomic E-state index is -0.242. The fraction of sp³-hybridized carbons (Fsp3) is 0.111. The van der Waals surface area contributed by atoms with E-state index in [1.165, 1.54) is 17.5 Å². The zero-order valence-electron chi connectivity index (χ0n) is 13.3. The fourth-order valence-corrected chi connectivity index (χ4v) is 2.84. The summed E-state index contributed by atoms with van der Waals surface area (Å²) in [6.07, 6.45) is 6.62. The fourth-order valence-electron chi connectivity index (χ4n) is 2.05. The summed E-state index contributed by atoms with van der Waals surface area (Å²) in [5, 5.41) is 15.9. The molecule has 0 radical (unpaired) electrons. The normalized spacial score (nSPS) is 10.0. The molecule has 1 aromatic carbocycles. The summed E-state index contributed by atoms with van der Waals surface area (Å²) in [5.41, 5.74) is 1.51. The third-order valence-electron chi connectivity index (χ3n) is 3.28. The topological polar surface area (TPSA) is 79.8 Å². The summed E-state index contributed by atoms with van der Waals surface area (Å²) in [5.74, 6) is 2.77. The molecule has 3 rings (SSSR count). The second kappa shape index (κ2) is 8.04. The Hall–Kier alpha value is -3.24. The predicted molar refractivity (Wildman–Crippen MR) is 98.1 cm³/mol. The monoisotopic (exact) mass is 349 g/mol. The van der Waals surface area contributed by atoms with Crippen LogP contribution in [-0.4, -0.2) is 27.6 Å². The van der Waals surface area contributed by atoms with Gasteiger partial charge in [-0.05, 0) is 12.1 Å². The largest absolute Gasteiger partial charge is 0.363 e. The number of carbonyl (C=O) groups excluding carboxylic acids is 1. The van der Waals surface area contributed by atoms with Crippen LogP contribution in [0.2, 0.25) is 0 Å². The standard InChI is InChI=1S/C18H15N5OS/c1-2-10-19-17(24)14-8-9-15(20-11-14)21-12-16-22-23-18(25-16)13-6-4-3-5-7-13/h1,3-9,11H,10,12H2,(H,19,24)(H,20,21). The molecule has 2 heterocycles. The van der Waals surface area contributed by atoms with Crippen LogP contribution < -0.4 is 10.6 Å². The average molecular weight is 349 g/mol. The van der Waals surface area contributed by atoms with E-state index in [-0.39, 0.29) is 12.5 Å². The van der Waals surface area contributed by atoms with Crippen LogP contribution in [0.3, 0.4) is 0 Å². The van der Waals surface area contributed by atoms with Crippen LogP contribution in [0.4, 0.5) is 5.82 Å². The van der Waals surface area contributed by atoms with Crippen molar-refractivity contribution in [2.75, 3.05) is 11.9 Å². The first kappa shape index (κ1) is 16.6. The Kier molecular flexibility index (Phi) is 5.34. The smallest absolute Gasteiger partial charge is 0.253 e. The van der Waals surface area contributed by atoms with Gasteiger partial charge in [0.05, 0.1) is 18.7 Å². The van der Waals surface area contributed by atoms with Crippen molar-refractivity contribution in [2.45, 2.75) is 6.54 Å². The minimum absolute atomic E-state index is 0.194. The van der Waals surface area contributed by atoms with Gasteiger partial charge in [-0.2, -0.15) is 0 Å². The second-order valence-corrected chi connectivity index (χ2v) is 6.10. The van der Waals surface area contributed by atoms with E-state index < -0.39 is 0 Å². The van der Waals surface area contributed by atoms with Crippen LogP contribution in [0.25, 0.3) is 10.6 Å². The van der Waals surface area contributed by atoms with E-state index in [4.69, 9.17) is 6.42 Å². The number of nitrogens with zero attached hydrogens (tertiary/aromatic N) is 3. The molecule has 0 unspecified atom stereocenters. The molecule has 2 N–H and O–H groups in total. The highest BCUT2D eigenvalue weighted by Crippen LogP contribution is 2.23. The van der Waals surface area contributed by atoms with Crippen molar-refractivity contribution >= 4 is 23.1 Å². The molecule has 1 amide bonds. The molecule has 0 aliphatic rings. The number of nitrogens with one attached hydrogen (secondary N) is 2. The Morgan fingerprint density at radius 1 is 1.16 bits per heavy atom. The number of hydrogen-bond donors (Lipinski definition) is 2. The number of anilines is 1. The number of benzene rings is 1. The van der Waals surface area contributed by atoms with Gasteiger partial charge in [-0.1, -0.05) is 47.6 Å². The summed E-state index contributed by atoms with van der Waals surface area (Å²) in [7, 11) is 0. The molecule has 0 aliphatic heterocycles. The maximum Gasteiger partial charge on any atom is 0.253 e. The molecule has 0 fully saturated rings. The lowest BCUT2D eigenvalue weighted by Crippen LogP contribution is -2.23. The molecule has 0 saturated heterocycles. The Bertz CT molecular complexity index is 884. The Morgan fingerprint density at radius 2 is 2.00 bits per heavy atom. The Labute approximate surface area is 149 Å². The first-order chi connectivity index (χ1) is 12.3. The average Bonchev–Trinajstić information content (AvgIpc) is 3.14. The van der Waals surface area contributed by atoms with Crippen molar-refractivity contribution in [3.8, 4) is 22.9 Å². The van der Waals surface area contributed by atoms with Gasteiger partial charge in [0.25, 0.3) is 5.91 Å². The first-order valence-electron chi connectivity index (χ1n) is 7.55. The number of aromatic nitrogens is 3. The van der Waals surface area contributed by atoms with Gasteiger partial charge in [0.2, 0.25) is 0 Å². The number of amides is 1. The Morgan fingerprint density at radius 3 is 2.72 bits per heavy atom. The molecule has 7 heteroatoms. The zero-order valence-corrected chi connectivity index (χ0v) is 14.1. The molecule has 3 aromatic rings. The Balaban J connectivity index is 1.58. The maximum atomic E-state index is 11.7. The molecule has 6 nitrogen and oxygen atoms in total. The summed E-state index contributed by atoms with van der Waals surface area (Å²) < 4.78 is 0. The highest BCUT2D eigenvalue weighted by atomic mass is 32.1. The summed E-state index contributed by atoms with van der Waals surface area (Å²) in [6, 6.07) is 13.3. The molecular formula is C18H15N5OS. The molecule has 124 valence electrons. The van der Waals surface area contributed by atoms with E-state index in [1.54, 1.807) is 12.1 Å². The third kappa shape index (κ3) is 4.40. The van der Waals surface area contributed by atoms with E-state index in [0.29, 0.717) is 17.9 Å². The predicted octanol–water partition coefficient (Wildman–Crippen LogP) is 2.58. The molecule has 2 aromatic heterocycles. The lowest BCUT2D eigenvalue weighted by atomic mass is 10.2. The molecule has 0 bridgehead atoms. The third-order valence-corrected chi connectivity index (χ3v) is 4.26. The number of hydrogen-bond acceptors (Lipinski definition) is 6. The highest BCUT2D eigenvalue weighted by Gasteiger charge is 2.07. The van der Waals surface area contributed by atoms with Crippen LogP contribution in [0.5, 0.6) is 0 Å². The van der Waals surface area contributed by atoms with Gasteiger partial charge in [0, 0.05) is 11.8 Å². The molecule has 0 saturated carbocycles. The van der Waals surface area contributed by atoms with E-state index in [1.807, 2.05) is 30.3 Å². The van der Waals surface area contributed by atoms with Gasteiger partial charge in [0.1, 0.15) is 15.8 Å². The van der Waals surface area contributed by atoms with Crippen molar-refractivity contribution in [2.24, 2.45) is 0 Å². The number of pyridine rings is 1. The van der Waals surface area contributed by atoms with E-state index in [0.717, 1.165) is 15.6 Å². The lowest BCUT2D eigenvalue weighted by Gasteiger charge is -2.04. The molecule has 0 spiro atoms. The van der Waals surface area contributed by atoms with Crippen LogP contribution >= 0.6 is 11.3 Å². The van der Waals surface area contributed by atoms with Crippen LogP contribution in [0.15, 0.2) is 48.7 Å². The van der Waals surface area contributed by atoms with E-state index in [9.17, 15) is 4.79 Å². The van der Waals surface area contributed by atoms with Gasteiger partial charge in [0.15, 0.2) is 0 Å². The molecular weight excluding hydrogens is 334 g/mol. The van der Waals surface area contributed by atoms with Crippen molar-refractivity contribution in [1.29, 1.82) is 0 Å². The van der Waals surface area contributed by atoms with Crippen molar-refractivity contribution in [3.05, 3.63) is 59.2 Å². The molecule has 25 heavy (non-hydrogen) atoms. The quantitative estimate of drug-likeness (QED) is 0.669. The first-order valence-corrected chi connectivity index (χ1v) is 8.37. The molecule has 0 atom stereocenters. The van der Waals surface area contributed by atoms with E-state index in [2.05, 4.69) is 31.7 Å². The van der Waals surface area contributed by atoms with Gasteiger partial charge < -0.3 is 10.6 Å². The van der Waals surface area contributed by atoms with Crippen molar-refractivity contribution in [3.63, 3.8) is 0 Å². The van der Waals surface area contributed by atoms with Gasteiger partial charge in [-0.15, -0.1) is 16.6 Å². The van der Waals surface area contributed by atoms with Crippen molar-refractivity contribution < 1.29 is 4.79 Å². The molecule has 0 aliphatic carbocycles. The second-order valence-electron chi connectivity index (χ2n) is 5.04. The van der Waals surface area contributed by atoms with Gasteiger partial charge >= 0.3 is 0 Å². The highest BCUT2D eigenvalue weighted by molar-refractivity contribution is 7.14. The lowest BCUT2D eigenvalue weighted by molar-refractivity contribution is 0.0958. The van der Waals surface area contributed by atoms with Crippen molar-refractivity contribution in [1.82, 2.24) is 20.5 Å². The maximum absolute atomic E-state index is 11.7. The van der Waals surface area contributed by atoms with Gasteiger partial charge in [-0.3, -0.25) is 4.79 Å². The minimum Gasteiger partial charge on any atom is -0.363 e. The summed E-state index contributed by atoms with van der Waals surface area (Å²) in [4.78, 5) is 16.0. The number of terminal acetylenes is 1. The zero-order chi connectivity index (χ0) is 17.5. The number of rotatable bonds is 6. The summed E-state index contributed by atoms with van der Waals surface area (Å²) >= 11 is 1.53. The van der Waals surface area contributed by atoms with Crippen LogP contribution in [0, 0.1) is 12.3 Å². The van der Waals surface area contributed by atoms with Crippen LogP contribution in [-0.2, 0) is 6.54 Å². The van der Waals surface area contributed by atoms with Gasteiger partial charge in [-0.25, -0.2) is 4.98 Å².